The molecule has 1 fully saturated rings. The Hall–Kier alpha value is -2.23. The molecule has 0 unspecified atom stereocenters. The van der Waals surface area contributed by atoms with Crippen LogP contribution in [0.3, 0.4) is 0 Å². The second-order valence-electron chi connectivity index (χ2n) is 6.70. The van der Waals surface area contributed by atoms with Gasteiger partial charge in [-0.15, -0.1) is 0 Å². The molecule has 2 nitrogen and oxygen atoms in total. The summed E-state index contributed by atoms with van der Waals surface area (Å²) in [4.78, 5) is 11.7. The lowest BCUT2D eigenvalue weighted by molar-refractivity contribution is -0.0521. The zero-order valence-electron chi connectivity index (χ0n) is 13.5. The molecular formula is C20H21F2NO. The van der Waals surface area contributed by atoms with Gasteiger partial charge in [-0.1, -0.05) is 48.5 Å². The zero-order chi connectivity index (χ0) is 17.2. The second-order valence-corrected chi connectivity index (χ2v) is 6.70. The minimum atomic E-state index is -2.60. The number of hydrogen-bond donors (Lipinski definition) is 1. The number of carbonyl (C=O) groups is 1. The van der Waals surface area contributed by atoms with Gasteiger partial charge in [-0.25, -0.2) is 8.78 Å². The van der Waals surface area contributed by atoms with Crippen molar-refractivity contribution < 1.29 is 13.6 Å². The Kier molecular flexibility index (Phi) is 4.39. The number of rotatable bonds is 4. The Balaban J connectivity index is 2.00. The highest BCUT2D eigenvalue weighted by atomic mass is 19.3. The van der Waals surface area contributed by atoms with Crippen molar-refractivity contribution in [3.8, 4) is 0 Å². The van der Waals surface area contributed by atoms with E-state index in [2.05, 4.69) is 0 Å². The Morgan fingerprint density at radius 2 is 1.50 bits per heavy atom. The number of halogens is 2. The molecule has 126 valence electrons. The predicted octanol–water partition coefficient (Wildman–Crippen LogP) is 4.48. The summed E-state index contributed by atoms with van der Waals surface area (Å²) < 4.78 is 27.5. The normalized spacial score (nSPS) is 18.9. The van der Waals surface area contributed by atoms with Crippen molar-refractivity contribution in [3.05, 3.63) is 71.3 Å². The molecule has 1 aliphatic carbocycles. The first kappa shape index (κ1) is 16.6. The van der Waals surface area contributed by atoms with Gasteiger partial charge in [-0.05, 0) is 41.9 Å². The van der Waals surface area contributed by atoms with E-state index in [0.29, 0.717) is 24.8 Å². The van der Waals surface area contributed by atoms with Crippen molar-refractivity contribution in [2.45, 2.75) is 43.4 Å². The van der Waals surface area contributed by atoms with Crippen molar-refractivity contribution in [1.29, 1.82) is 0 Å². The van der Waals surface area contributed by atoms with Crippen molar-refractivity contribution in [2.24, 2.45) is 5.73 Å². The maximum absolute atomic E-state index is 13.7. The van der Waals surface area contributed by atoms with Gasteiger partial charge in [0, 0.05) is 18.4 Å². The Morgan fingerprint density at radius 1 is 0.917 bits per heavy atom. The van der Waals surface area contributed by atoms with Gasteiger partial charge in [0.1, 0.15) is 0 Å². The van der Waals surface area contributed by atoms with Crippen LogP contribution in [0.2, 0.25) is 0 Å². The van der Waals surface area contributed by atoms with Gasteiger partial charge >= 0.3 is 0 Å². The Morgan fingerprint density at radius 3 is 2.12 bits per heavy atom. The summed E-state index contributed by atoms with van der Waals surface area (Å²) in [7, 11) is 0. The van der Waals surface area contributed by atoms with Gasteiger partial charge < -0.3 is 5.73 Å². The first-order valence-corrected chi connectivity index (χ1v) is 8.23. The molecule has 2 aromatic rings. The Labute approximate surface area is 140 Å². The van der Waals surface area contributed by atoms with Crippen molar-refractivity contribution in [3.63, 3.8) is 0 Å². The average molecular weight is 329 g/mol. The van der Waals surface area contributed by atoms with Crippen LogP contribution in [0.25, 0.3) is 0 Å². The molecule has 3 rings (SSSR count). The summed E-state index contributed by atoms with van der Waals surface area (Å²) in [6.07, 6.45) is 1.10. The molecule has 0 spiro atoms. The topological polar surface area (TPSA) is 43.1 Å². The van der Waals surface area contributed by atoms with Crippen LogP contribution in [0.1, 0.15) is 47.2 Å². The molecule has 1 aliphatic rings. The Bertz CT molecular complexity index is 717. The van der Waals surface area contributed by atoms with Gasteiger partial charge in [0.2, 0.25) is 11.8 Å². The summed E-state index contributed by atoms with van der Waals surface area (Å²) in [5.74, 6) is -3.07. The molecule has 1 saturated carbocycles. The van der Waals surface area contributed by atoms with Gasteiger partial charge in [0.15, 0.2) is 0 Å². The summed E-state index contributed by atoms with van der Waals surface area (Å²) in [6.45, 7) is 0. The summed E-state index contributed by atoms with van der Waals surface area (Å²) in [5, 5.41) is 0. The number of amides is 1. The number of carbonyl (C=O) groups excluding carboxylic acids is 1. The fraction of sp³-hybridized carbons (Fsp3) is 0.350. The molecule has 1 amide bonds. The van der Waals surface area contributed by atoms with E-state index in [1.165, 1.54) is 0 Å². The summed E-state index contributed by atoms with van der Waals surface area (Å²) in [6, 6.07) is 17.0. The molecule has 0 aromatic heterocycles. The first-order chi connectivity index (χ1) is 11.4. The van der Waals surface area contributed by atoms with Crippen LogP contribution in [0.5, 0.6) is 0 Å². The van der Waals surface area contributed by atoms with Crippen molar-refractivity contribution in [1.82, 2.24) is 0 Å². The van der Waals surface area contributed by atoms with Crippen molar-refractivity contribution >= 4 is 5.91 Å². The third-order valence-corrected chi connectivity index (χ3v) is 5.14. The van der Waals surface area contributed by atoms with Gasteiger partial charge in [-0.2, -0.15) is 0 Å². The molecule has 0 atom stereocenters. The van der Waals surface area contributed by atoms with Crippen LogP contribution in [0.4, 0.5) is 8.78 Å². The molecule has 0 radical (unpaired) electrons. The van der Waals surface area contributed by atoms with Gasteiger partial charge in [0.25, 0.3) is 0 Å². The molecule has 0 bridgehead atoms. The average Bonchev–Trinajstić information content (AvgIpc) is 2.58. The number of hydrogen-bond acceptors (Lipinski definition) is 1. The lowest BCUT2D eigenvalue weighted by Crippen LogP contribution is -2.38. The summed E-state index contributed by atoms with van der Waals surface area (Å²) in [5.41, 5.74) is 7.47. The molecule has 0 saturated heterocycles. The van der Waals surface area contributed by atoms with E-state index in [1.54, 1.807) is 12.1 Å². The van der Waals surface area contributed by atoms with E-state index in [1.807, 2.05) is 42.5 Å². The smallest absolute Gasteiger partial charge is 0.248 e. The maximum Gasteiger partial charge on any atom is 0.248 e. The lowest BCUT2D eigenvalue weighted by Gasteiger charge is -2.41. The molecule has 24 heavy (non-hydrogen) atoms. The minimum Gasteiger partial charge on any atom is -0.366 e. The van der Waals surface area contributed by atoms with Crippen LogP contribution in [0.15, 0.2) is 54.6 Å². The molecule has 0 heterocycles. The molecule has 0 aliphatic heterocycles. The van der Waals surface area contributed by atoms with E-state index in [-0.39, 0.29) is 18.3 Å². The highest BCUT2D eigenvalue weighted by Crippen LogP contribution is 2.47. The van der Waals surface area contributed by atoms with E-state index in [4.69, 9.17) is 5.73 Å². The fourth-order valence-corrected chi connectivity index (χ4v) is 3.73. The van der Waals surface area contributed by atoms with E-state index < -0.39 is 11.8 Å². The fourth-order valence-electron chi connectivity index (χ4n) is 3.73. The minimum absolute atomic E-state index is 0.124. The van der Waals surface area contributed by atoms with Crippen LogP contribution in [0, 0.1) is 0 Å². The van der Waals surface area contributed by atoms with Crippen LogP contribution < -0.4 is 5.73 Å². The lowest BCUT2D eigenvalue weighted by atomic mass is 9.65. The molecular weight excluding hydrogens is 308 g/mol. The number of benzene rings is 2. The standard InChI is InChI=1S/C20H21F2NO/c21-20(22)12-10-19(11-13-20,16-7-2-1-3-8-16)14-15-6-4-5-9-17(15)18(23)24/h1-9H,10-14H2,(H2,23,24). The maximum atomic E-state index is 13.7. The molecule has 2 N–H and O–H groups in total. The number of primary amides is 1. The highest BCUT2D eigenvalue weighted by Gasteiger charge is 2.44. The van der Waals surface area contributed by atoms with Crippen LogP contribution >= 0.6 is 0 Å². The first-order valence-electron chi connectivity index (χ1n) is 8.23. The summed E-state index contributed by atoms with van der Waals surface area (Å²) >= 11 is 0. The third kappa shape index (κ3) is 3.32. The molecule has 4 heteroatoms. The van der Waals surface area contributed by atoms with Crippen molar-refractivity contribution in [2.75, 3.05) is 0 Å². The van der Waals surface area contributed by atoms with E-state index in [0.717, 1.165) is 11.1 Å². The van der Waals surface area contributed by atoms with E-state index >= 15 is 0 Å². The predicted molar refractivity (Wildman–Crippen MR) is 90.2 cm³/mol. The van der Waals surface area contributed by atoms with E-state index in [9.17, 15) is 13.6 Å². The quantitative estimate of drug-likeness (QED) is 0.883. The zero-order valence-corrected chi connectivity index (χ0v) is 13.5. The van der Waals surface area contributed by atoms with Crippen LogP contribution in [-0.4, -0.2) is 11.8 Å². The molecule has 2 aromatic carbocycles. The number of nitrogens with two attached hydrogens (primary N) is 1. The largest absolute Gasteiger partial charge is 0.366 e. The SMILES string of the molecule is NC(=O)c1ccccc1CC1(c2ccccc2)CCC(F)(F)CC1. The second kappa shape index (κ2) is 6.34. The van der Waals surface area contributed by atoms with Crippen LogP contribution in [-0.2, 0) is 11.8 Å². The third-order valence-electron chi connectivity index (χ3n) is 5.14. The van der Waals surface area contributed by atoms with Gasteiger partial charge in [-0.3, -0.25) is 4.79 Å². The highest BCUT2D eigenvalue weighted by molar-refractivity contribution is 5.94. The monoisotopic (exact) mass is 329 g/mol. The number of alkyl halides is 2. The van der Waals surface area contributed by atoms with Gasteiger partial charge in [0.05, 0.1) is 0 Å².